The monoisotopic (exact) mass is 625 g/mol. The van der Waals surface area contributed by atoms with Gasteiger partial charge >= 0.3 is 11.3 Å². The molecule has 5 rings (SSSR count). The van der Waals surface area contributed by atoms with Crippen molar-refractivity contribution in [2.24, 2.45) is 0 Å². The van der Waals surface area contributed by atoms with Crippen LogP contribution >= 0.6 is 0 Å². The third kappa shape index (κ3) is 5.92. The van der Waals surface area contributed by atoms with Crippen LogP contribution in [0.1, 0.15) is 0 Å². The van der Waals surface area contributed by atoms with E-state index in [1.54, 1.807) is 0 Å². The van der Waals surface area contributed by atoms with Crippen LogP contribution in [0, 0.1) is 0 Å². The Kier molecular flexibility index (Phi) is 9.28. The van der Waals surface area contributed by atoms with Gasteiger partial charge in [-0.2, -0.15) is 0 Å². The van der Waals surface area contributed by atoms with E-state index in [0.717, 1.165) is 6.07 Å². The molecule has 10 N–H and O–H groups in total. The molecule has 10 atom stereocenters. The Bertz CT molecular complexity index is 1460. The molecule has 2 aliphatic heterocycles. The maximum absolute atomic E-state index is 10.6. The van der Waals surface area contributed by atoms with Gasteiger partial charge in [-0.3, -0.25) is 0 Å². The van der Waals surface area contributed by atoms with Gasteiger partial charge in [-0.05, 0) is 12.1 Å². The van der Waals surface area contributed by atoms with Gasteiger partial charge < -0.3 is 74.7 Å². The third-order valence-corrected chi connectivity index (χ3v) is 7.43. The lowest BCUT2D eigenvalue weighted by Crippen LogP contribution is -2.60. The van der Waals surface area contributed by atoms with Gasteiger partial charge in [0.05, 0.1) is 32.0 Å². The number of methoxy groups -OCH3 is 1. The minimum absolute atomic E-state index is 0.0206. The van der Waals surface area contributed by atoms with Crippen LogP contribution in [-0.4, -0.2) is 133 Å². The van der Waals surface area contributed by atoms with Gasteiger partial charge in [-0.1, -0.05) is 0 Å². The minimum Gasteiger partial charge on any atom is -0.507 e. The Morgan fingerprint density at radius 3 is 1.80 bits per heavy atom. The van der Waals surface area contributed by atoms with Gasteiger partial charge in [0.25, 0.3) is 0 Å². The topological polar surface area (TPSA) is 260 Å². The van der Waals surface area contributed by atoms with Gasteiger partial charge in [-0.25, -0.2) is 4.42 Å². The van der Waals surface area contributed by atoms with E-state index in [1.807, 2.05) is 0 Å². The molecule has 3 aromatic rings. The smallest absolute Gasteiger partial charge is 0.402 e. The fourth-order valence-corrected chi connectivity index (χ4v) is 4.96. The van der Waals surface area contributed by atoms with E-state index < -0.39 is 74.6 Å². The molecule has 16 nitrogen and oxygen atoms in total. The first-order valence-electron chi connectivity index (χ1n) is 13.4. The number of hydrogen-bond acceptors (Lipinski definition) is 15. The van der Waals surface area contributed by atoms with Crippen LogP contribution in [0.25, 0.3) is 22.3 Å². The number of hydrogen-bond donors (Lipinski definition) is 10. The Morgan fingerprint density at radius 2 is 1.25 bits per heavy atom. The minimum atomic E-state index is -1.80. The second-order valence-electron chi connectivity index (χ2n) is 10.3. The summed E-state index contributed by atoms with van der Waals surface area (Å²) >= 11 is 0. The number of phenolic OH excluding ortho intramolecular Hbond substituents is 2. The molecular formula is C28H33O16+. The van der Waals surface area contributed by atoms with Crippen LogP contribution in [-0.2, 0) is 9.47 Å². The molecule has 0 bridgehead atoms. The highest BCUT2D eigenvalue weighted by Crippen LogP contribution is 2.43. The molecule has 1 aromatic heterocycles. The van der Waals surface area contributed by atoms with Crippen molar-refractivity contribution >= 4 is 11.0 Å². The Labute approximate surface area is 248 Å². The fourth-order valence-electron chi connectivity index (χ4n) is 4.96. The molecular weight excluding hydrogens is 592 g/mol. The number of ether oxygens (including phenoxy) is 5. The zero-order chi connectivity index (χ0) is 31.9. The molecule has 2 aliphatic rings. The van der Waals surface area contributed by atoms with Crippen molar-refractivity contribution in [3.63, 3.8) is 0 Å². The van der Waals surface area contributed by atoms with E-state index in [4.69, 9.17) is 28.1 Å². The van der Waals surface area contributed by atoms with Gasteiger partial charge in [0, 0.05) is 18.2 Å². The molecule has 0 spiro atoms. The van der Waals surface area contributed by atoms with Gasteiger partial charge in [0.15, 0.2) is 11.5 Å². The van der Waals surface area contributed by atoms with E-state index in [0.29, 0.717) is 0 Å². The van der Waals surface area contributed by atoms with Gasteiger partial charge in [0.1, 0.15) is 65.7 Å². The Balaban J connectivity index is 1.62. The first kappa shape index (κ1) is 31.9. The summed E-state index contributed by atoms with van der Waals surface area (Å²) in [4.78, 5) is 0. The SMILES string of the molecule is COc1cc(-c2[o+]c3cc(O)cc(O[C@@H]4OC(CO)[C@@H](O)[C@H](O)C4O)c3cc2O[C@@H]2OC(CO)[C@@H](O)C(O)C2O)ccc1O. The highest BCUT2D eigenvalue weighted by molar-refractivity contribution is 5.89. The molecule has 0 amide bonds. The molecule has 0 aliphatic carbocycles. The summed E-state index contributed by atoms with van der Waals surface area (Å²) < 4.78 is 33.9. The fraction of sp³-hybridized carbons (Fsp3) is 0.464. The second-order valence-corrected chi connectivity index (χ2v) is 10.3. The van der Waals surface area contributed by atoms with Crippen LogP contribution in [0.4, 0.5) is 0 Å². The van der Waals surface area contributed by atoms with Gasteiger partial charge in [0.2, 0.25) is 18.3 Å². The molecule has 3 heterocycles. The summed E-state index contributed by atoms with van der Waals surface area (Å²) in [6.07, 6.45) is -16.3. The number of rotatable bonds is 8. The number of phenols is 2. The summed E-state index contributed by atoms with van der Waals surface area (Å²) in [6, 6.07) is 7.81. The van der Waals surface area contributed by atoms with Gasteiger partial charge in [-0.15, -0.1) is 0 Å². The maximum Gasteiger partial charge on any atom is 0.402 e. The Morgan fingerprint density at radius 1 is 0.682 bits per heavy atom. The third-order valence-electron chi connectivity index (χ3n) is 7.43. The largest absolute Gasteiger partial charge is 0.507 e. The summed E-state index contributed by atoms with van der Waals surface area (Å²) in [6.45, 7) is -1.43. The number of benzene rings is 2. The summed E-state index contributed by atoms with van der Waals surface area (Å²) in [5, 5.41) is 102. The molecule has 2 fully saturated rings. The molecule has 2 aromatic carbocycles. The van der Waals surface area contributed by atoms with E-state index in [2.05, 4.69) is 0 Å². The number of fused-ring (bicyclic) bond motifs is 1. The Hall–Kier alpha value is -3.55. The molecule has 16 heteroatoms. The average Bonchev–Trinajstić information content (AvgIpc) is 3.01. The molecule has 44 heavy (non-hydrogen) atoms. The standard InChI is InChI=1S/C28H32O16/c1-39-16-4-10(2-3-13(16)32)26-17(42-28-25(38)23(36)21(34)19(9-30)44-28)7-12-14(40-26)5-11(31)6-15(12)41-27-24(37)22(35)20(33)18(8-29)43-27/h2-7,18-25,27-30,33-38H,8-9H2,1H3,(H-,31,32)/p+1/t18?,19?,20-,21-,22+,23?,24?,25?,27-,28-/m1/s1. The van der Waals surface area contributed by atoms with Crippen molar-refractivity contribution in [2.75, 3.05) is 20.3 Å². The molecule has 2 saturated heterocycles. The normalized spacial score (nSPS) is 32.4. The van der Waals surface area contributed by atoms with Crippen LogP contribution < -0.4 is 14.2 Å². The molecule has 240 valence electrons. The van der Waals surface area contributed by atoms with E-state index in [1.165, 1.54) is 37.4 Å². The van der Waals surface area contributed by atoms with Crippen LogP contribution in [0.2, 0.25) is 0 Å². The zero-order valence-corrected chi connectivity index (χ0v) is 23.1. The number of aliphatic hydroxyl groups excluding tert-OH is 8. The van der Waals surface area contributed by atoms with Crippen molar-refractivity contribution < 1.29 is 79.2 Å². The summed E-state index contributed by atoms with van der Waals surface area (Å²) in [5.74, 6) is -0.907. The zero-order valence-electron chi connectivity index (χ0n) is 23.1. The second kappa shape index (κ2) is 12.8. The van der Waals surface area contributed by atoms with Crippen molar-refractivity contribution in [1.82, 2.24) is 0 Å². The van der Waals surface area contributed by atoms with Crippen LogP contribution in [0.15, 0.2) is 40.8 Å². The van der Waals surface area contributed by atoms with E-state index in [9.17, 15) is 51.1 Å². The van der Waals surface area contributed by atoms with E-state index >= 15 is 0 Å². The molecule has 5 unspecified atom stereocenters. The number of aliphatic hydroxyl groups is 8. The number of aromatic hydroxyl groups is 2. The van der Waals surface area contributed by atoms with Crippen molar-refractivity contribution in [3.8, 4) is 40.1 Å². The molecule has 0 saturated carbocycles. The first-order valence-corrected chi connectivity index (χ1v) is 13.4. The highest BCUT2D eigenvalue weighted by Gasteiger charge is 2.47. The quantitative estimate of drug-likeness (QED) is 0.123. The average molecular weight is 626 g/mol. The van der Waals surface area contributed by atoms with Crippen LogP contribution in [0.3, 0.4) is 0 Å². The lowest BCUT2D eigenvalue weighted by molar-refractivity contribution is -0.277. The lowest BCUT2D eigenvalue weighted by Gasteiger charge is -2.39. The summed E-state index contributed by atoms with van der Waals surface area (Å²) in [5.41, 5.74) is 0.244. The molecule has 0 radical (unpaired) electrons. The van der Waals surface area contributed by atoms with Crippen molar-refractivity contribution in [3.05, 3.63) is 36.4 Å². The maximum atomic E-state index is 10.6. The van der Waals surface area contributed by atoms with E-state index in [-0.39, 0.29) is 51.0 Å². The predicted molar refractivity (Wildman–Crippen MR) is 145 cm³/mol. The van der Waals surface area contributed by atoms with Crippen molar-refractivity contribution in [2.45, 2.75) is 61.4 Å². The lowest BCUT2D eigenvalue weighted by atomic mass is 9.99. The highest BCUT2D eigenvalue weighted by atomic mass is 16.7. The first-order chi connectivity index (χ1) is 21.0. The van der Waals surface area contributed by atoms with Crippen LogP contribution in [0.5, 0.6) is 28.7 Å². The summed E-state index contributed by atoms with van der Waals surface area (Å²) in [7, 11) is 1.32. The van der Waals surface area contributed by atoms with Crippen molar-refractivity contribution in [1.29, 1.82) is 0 Å². The predicted octanol–water partition coefficient (Wildman–Crippen LogP) is -1.84.